The molecule has 96 valence electrons. The molecule has 1 aromatic heterocycles. The number of fused-ring (bicyclic) bond motifs is 1. The lowest BCUT2D eigenvalue weighted by atomic mass is 10.1. The molecule has 1 N–H and O–H groups in total. The molecule has 2 aromatic rings. The second-order valence-electron chi connectivity index (χ2n) is 5.00. The van der Waals surface area contributed by atoms with E-state index in [9.17, 15) is 5.11 Å². The van der Waals surface area contributed by atoms with Crippen molar-refractivity contribution < 1.29 is 5.11 Å². The molecular formula is C14H18N2OS. The molecule has 0 bridgehead atoms. The lowest BCUT2D eigenvalue weighted by Crippen LogP contribution is -2.19. The summed E-state index contributed by atoms with van der Waals surface area (Å²) in [6.07, 6.45) is 0.745. The number of hydrogen-bond acceptors (Lipinski definition) is 4. The van der Waals surface area contributed by atoms with Gasteiger partial charge in [0.05, 0.1) is 11.1 Å². The van der Waals surface area contributed by atoms with Crippen molar-refractivity contribution in [3.8, 4) is 0 Å². The molecule has 0 saturated heterocycles. The molecule has 0 amide bonds. The maximum Gasteiger partial charge on any atom is 0.127 e. The fourth-order valence-corrected chi connectivity index (χ4v) is 2.99. The highest BCUT2D eigenvalue weighted by Crippen LogP contribution is 2.26. The zero-order chi connectivity index (χ0) is 13.2. The predicted octanol–water partition coefficient (Wildman–Crippen LogP) is 3.19. The fraction of sp³-hybridized carbons (Fsp3) is 0.429. The minimum atomic E-state index is -0.620. The second kappa shape index (κ2) is 5.24. The van der Waals surface area contributed by atoms with Crippen LogP contribution in [0.25, 0.3) is 10.9 Å². The number of aryl methyl sites for hydroxylation is 1. The van der Waals surface area contributed by atoms with E-state index in [1.54, 1.807) is 11.8 Å². The van der Waals surface area contributed by atoms with Crippen LogP contribution < -0.4 is 0 Å². The minimum Gasteiger partial charge on any atom is -0.390 e. The molecule has 18 heavy (non-hydrogen) atoms. The van der Waals surface area contributed by atoms with Crippen LogP contribution in [0, 0.1) is 6.92 Å². The maximum absolute atomic E-state index is 9.72. The molecule has 0 spiro atoms. The molecule has 0 aliphatic heterocycles. The molecule has 3 nitrogen and oxygen atoms in total. The molecule has 1 heterocycles. The Labute approximate surface area is 112 Å². The summed E-state index contributed by atoms with van der Waals surface area (Å²) in [4.78, 5) is 8.91. The van der Waals surface area contributed by atoms with Crippen molar-refractivity contribution in [2.75, 3.05) is 5.75 Å². The Morgan fingerprint density at radius 2 is 1.94 bits per heavy atom. The van der Waals surface area contributed by atoms with E-state index in [4.69, 9.17) is 0 Å². The van der Waals surface area contributed by atoms with Gasteiger partial charge in [0, 0.05) is 11.1 Å². The summed E-state index contributed by atoms with van der Waals surface area (Å²) in [6.45, 7) is 5.57. The summed E-state index contributed by atoms with van der Waals surface area (Å²) < 4.78 is 0. The lowest BCUT2D eigenvalue weighted by Gasteiger charge is -2.16. The van der Waals surface area contributed by atoms with Gasteiger partial charge in [-0.15, -0.1) is 11.8 Å². The Bertz CT molecular complexity index is 549. The first-order chi connectivity index (χ1) is 8.46. The van der Waals surface area contributed by atoms with Gasteiger partial charge in [-0.25, -0.2) is 9.97 Å². The van der Waals surface area contributed by atoms with Gasteiger partial charge in [0.15, 0.2) is 0 Å². The van der Waals surface area contributed by atoms with Crippen LogP contribution in [-0.4, -0.2) is 26.4 Å². The summed E-state index contributed by atoms with van der Waals surface area (Å²) in [7, 11) is 0. The normalized spacial score (nSPS) is 12.0. The van der Waals surface area contributed by atoms with Crippen molar-refractivity contribution in [3.63, 3.8) is 0 Å². The third-order valence-electron chi connectivity index (χ3n) is 2.63. The summed E-state index contributed by atoms with van der Waals surface area (Å²) in [6, 6.07) is 8.03. The first kappa shape index (κ1) is 13.3. The van der Waals surface area contributed by atoms with Crippen molar-refractivity contribution in [2.45, 2.75) is 37.8 Å². The standard InChI is InChI=1S/C14H18N2OS/c1-10-15-12-7-5-4-6-11(12)13(16-10)18-9-8-14(2,3)17/h4-7,17H,8-9H2,1-3H3. The van der Waals surface area contributed by atoms with Crippen molar-refractivity contribution in [1.29, 1.82) is 0 Å². The predicted molar refractivity (Wildman–Crippen MR) is 75.9 cm³/mol. The van der Waals surface area contributed by atoms with E-state index in [1.807, 2.05) is 45.0 Å². The summed E-state index contributed by atoms with van der Waals surface area (Å²) in [5, 5.41) is 11.8. The molecule has 0 aliphatic carbocycles. The molecule has 4 heteroatoms. The van der Waals surface area contributed by atoms with Crippen LogP contribution in [0.1, 0.15) is 26.1 Å². The minimum absolute atomic E-state index is 0.620. The first-order valence-corrected chi connectivity index (χ1v) is 7.03. The molecule has 2 rings (SSSR count). The Morgan fingerprint density at radius 1 is 1.22 bits per heavy atom. The SMILES string of the molecule is Cc1nc(SCCC(C)(C)O)c2ccccc2n1. The van der Waals surface area contributed by atoms with Gasteiger partial charge in [-0.1, -0.05) is 18.2 Å². The van der Waals surface area contributed by atoms with Gasteiger partial charge in [0.1, 0.15) is 10.9 Å². The molecule has 0 atom stereocenters. The Morgan fingerprint density at radius 3 is 2.67 bits per heavy atom. The van der Waals surface area contributed by atoms with E-state index < -0.39 is 5.60 Å². The number of aromatic nitrogens is 2. The quantitative estimate of drug-likeness (QED) is 0.679. The first-order valence-electron chi connectivity index (χ1n) is 6.04. The van der Waals surface area contributed by atoms with Crippen LogP contribution in [0.3, 0.4) is 0 Å². The van der Waals surface area contributed by atoms with Gasteiger partial charge >= 0.3 is 0 Å². The van der Waals surface area contributed by atoms with E-state index in [-0.39, 0.29) is 0 Å². The highest BCUT2D eigenvalue weighted by molar-refractivity contribution is 7.99. The van der Waals surface area contributed by atoms with Crippen molar-refractivity contribution in [1.82, 2.24) is 9.97 Å². The molecule has 0 aliphatic rings. The number of aliphatic hydroxyl groups is 1. The van der Waals surface area contributed by atoms with Crippen LogP contribution in [0.5, 0.6) is 0 Å². The number of benzene rings is 1. The monoisotopic (exact) mass is 262 g/mol. The molecule has 0 fully saturated rings. The van der Waals surface area contributed by atoms with E-state index in [1.165, 1.54) is 0 Å². The zero-order valence-corrected chi connectivity index (χ0v) is 11.8. The van der Waals surface area contributed by atoms with Gasteiger partial charge in [0.25, 0.3) is 0 Å². The van der Waals surface area contributed by atoms with Gasteiger partial charge in [-0.05, 0) is 33.3 Å². The Kier molecular flexibility index (Phi) is 3.88. The number of para-hydroxylation sites is 1. The number of rotatable bonds is 4. The van der Waals surface area contributed by atoms with Crippen LogP contribution in [0.4, 0.5) is 0 Å². The maximum atomic E-state index is 9.72. The van der Waals surface area contributed by atoms with Crippen LogP contribution in [0.2, 0.25) is 0 Å². The average molecular weight is 262 g/mol. The van der Waals surface area contributed by atoms with E-state index in [0.717, 1.165) is 33.9 Å². The highest BCUT2D eigenvalue weighted by Gasteiger charge is 2.13. The van der Waals surface area contributed by atoms with E-state index in [2.05, 4.69) is 9.97 Å². The molecular weight excluding hydrogens is 244 g/mol. The molecule has 0 unspecified atom stereocenters. The summed E-state index contributed by atoms with van der Waals surface area (Å²) in [5.74, 6) is 1.64. The van der Waals surface area contributed by atoms with Crippen LogP contribution >= 0.6 is 11.8 Å². The number of thioether (sulfide) groups is 1. The lowest BCUT2D eigenvalue weighted by molar-refractivity contribution is 0.0777. The van der Waals surface area contributed by atoms with Crippen molar-refractivity contribution in [3.05, 3.63) is 30.1 Å². The van der Waals surface area contributed by atoms with Gasteiger partial charge in [-0.2, -0.15) is 0 Å². The third-order valence-corrected chi connectivity index (χ3v) is 3.63. The van der Waals surface area contributed by atoms with Crippen molar-refractivity contribution >= 4 is 22.7 Å². The van der Waals surface area contributed by atoms with Gasteiger partial charge in [-0.3, -0.25) is 0 Å². The van der Waals surface area contributed by atoms with Crippen LogP contribution in [0.15, 0.2) is 29.3 Å². The number of hydrogen-bond donors (Lipinski definition) is 1. The summed E-state index contributed by atoms with van der Waals surface area (Å²) in [5.41, 5.74) is 0.362. The molecule has 0 saturated carbocycles. The van der Waals surface area contributed by atoms with E-state index in [0.29, 0.717) is 0 Å². The Balaban J connectivity index is 2.22. The van der Waals surface area contributed by atoms with Gasteiger partial charge < -0.3 is 5.11 Å². The van der Waals surface area contributed by atoms with E-state index >= 15 is 0 Å². The third kappa shape index (κ3) is 3.43. The zero-order valence-electron chi connectivity index (χ0n) is 11.0. The molecule has 0 radical (unpaired) electrons. The second-order valence-corrected chi connectivity index (χ2v) is 6.09. The topological polar surface area (TPSA) is 46.0 Å². The Hall–Kier alpha value is -1.13. The largest absolute Gasteiger partial charge is 0.390 e. The average Bonchev–Trinajstić information content (AvgIpc) is 2.27. The number of nitrogens with zero attached hydrogens (tertiary/aromatic N) is 2. The van der Waals surface area contributed by atoms with Crippen LogP contribution in [-0.2, 0) is 0 Å². The van der Waals surface area contributed by atoms with Crippen molar-refractivity contribution in [2.24, 2.45) is 0 Å². The summed E-state index contributed by atoms with van der Waals surface area (Å²) >= 11 is 1.68. The fourth-order valence-electron chi connectivity index (χ4n) is 1.67. The highest BCUT2D eigenvalue weighted by atomic mass is 32.2. The smallest absolute Gasteiger partial charge is 0.127 e. The molecule has 1 aromatic carbocycles. The van der Waals surface area contributed by atoms with Gasteiger partial charge in [0.2, 0.25) is 0 Å².